The summed E-state index contributed by atoms with van der Waals surface area (Å²) in [5, 5.41) is 0. The van der Waals surface area contributed by atoms with Crippen LogP contribution >= 0.6 is 0 Å². The van der Waals surface area contributed by atoms with Crippen molar-refractivity contribution in [3.63, 3.8) is 0 Å². The predicted octanol–water partition coefficient (Wildman–Crippen LogP) is 2.68. The summed E-state index contributed by atoms with van der Waals surface area (Å²) in [6, 6.07) is 12.2. The zero-order valence-electron chi connectivity index (χ0n) is 8.30. The van der Waals surface area contributed by atoms with Crippen molar-refractivity contribution in [2.45, 2.75) is 0 Å². The van der Waals surface area contributed by atoms with E-state index in [1.54, 1.807) is 18.6 Å². The minimum absolute atomic E-state index is 1.11. The molecule has 0 aliphatic rings. The second kappa shape index (κ2) is 4.42. The smallest absolute Gasteiger partial charge is 0.0273 e. The molecule has 0 radical (unpaired) electrons. The Morgan fingerprint density at radius 1 is 0.867 bits per heavy atom. The van der Waals surface area contributed by atoms with Crippen molar-refractivity contribution in [2.75, 3.05) is 0 Å². The van der Waals surface area contributed by atoms with Crippen LogP contribution in [0.1, 0.15) is 5.56 Å². The molecule has 2 rings (SSSR count). The van der Waals surface area contributed by atoms with Crippen molar-refractivity contribution in [1.82, 2.24) is 4.98 Å². The highest BCUT2D eigenvalue weighted by Gasteiger charge is 1.95. The van der Waals surface area contributed by atoms with E-state index in [1.165, 1.54) is 11.1 Å². The average molecular weight is 196 g/mol. The molecule has 1 heterocycles. The predicted molar refractivity (Wildman–Crippen MR) is 62.9 cm³/mol. The van der Waals surface area contributed by atoms with E-state index in [2.05, 4.69) is 17.1 Å². The topological polar surface area (TPSA) is 38.9 Å². The van der Waals surface area contributed by atoms with Gasteiger partial charge in [-0.15, -0.1) is 0 Å². The van der Waals surface area contributed by atoms with Crippen LogP contribution in [0.4, 0.5) is 0 Å². The number of rotatable bonds is 2. The van der Waals surface area contributed by atoms with Gasteiger partial charge in [-0.05, 0) is 41.1 Å². The van der Waals surface area contributed by atoms with Gasteiger partial charge < -0.3 is 5.73 Å². The third kappa shape index (κ3) is 2.23. The van der Waals surface area contributed by atoms with Crippen LogP contribution in [0.5, 0.6) is 0 Å². The fourth-order valence-corrected chi connectivity index (χ4v) is 1.44. The lowest BCUT2D eigenvalue weighted by Gasteiger charge is -2.01. The van der Waals surface area contributed by atoms with E-state index >= 15 is 0 Å². The van der Waals surface area contributed by atoms with Crippen LogP contribution in [0.3, 0.4) is 0 Å². The first kappa shape index (κ1) is 9.46. The summed E-state index contributed by atoms with van der Waals surface area (Å²) in [5.74, 6) is 0. The van der Waals surface area contributed by atoms with Crippen molar-refractivity contribution in [2.24, 2.45) is 5.73 Å². The van der Waals surface area contributed by atoms with Crippen LogP contribution < -0.4 is 5.73 Å². The van der Waals surface area contributed by atoms with Crippen molar-refractivity contribution >= 4 is 6.08 Å². The Morgan fingerprint density at radius 2 is 1.47 bits per heavy atom. The number of hydrogen-bond acceptors (Lipinski definition) is 2. The van der Waals surface area contributed by atoms with E-state index in [9.17, 15) is 0 Å². The zero-order valence-corrected chi connectivity index (χ0v) is 8.30. The first-order valence-electron chi connectivity index (χ1n) is 4.79. The third-order valence-electron chi connectivity index (χ3n) is 2.21. The summed E-state index contributed by atoms with van der Waals surface area (Å²) in [6.07, 6.45) is 7.00. The molecule has 0 aliphatic heterocycles. The number of pyridine rings is 1. The Labute approximate surface area is 89.1 Å². The molecule has 2 aromatic rings. The summed E-state index contributed by atoms with van der Waals surface area (Å²) >= 11 is 0. The van der Waals surface area contributed by atoms with Crippen molar-refractivity contribution in [3.8, 4) is 11.1 Å². The molecule has 0 spiro atoms. The number of aromatic nitrogens is 1. The molecule has 0 amide bonds. The molecule has 1 aromatic carbocycles. The third-order valence-corrected chi connectivity index (χ3v) is 2.21. The van der Waals surface area contributed by atoms with Gasteiger partial charge in [0.15, 0.2) is 0 Å². The van der Waals surface area contributed by atoms with Crippen LogP contribution in [-0.2, 0) is 0 Å². The van der Waals surface area contributed by atoms with Gasteiger partial charge in [-0.2, -0.15) is 0 Å². The molecule has 0 unspecified atom stereocenters. The second-order valence-corrected chi connectivity index (χ2v) is 3.22. The summed E-state index contributed by atoms with van der Waals surface area (Å²) in [7, 11) is 0. The molecule has 74 valence electrons. The molecule has 0 aliphatic carbocycles. The molecular weight excluding hydrogens is 184 g/mol. The Balaban J connectivity index is 2.32. The van der Waals surface area contributed by atoms with Gasteiger partial charge in [0.2, 0.25) is 0 Å². The van der Waals surface area contributed by atoms with Gasteiger partial charge in [0.1, 0.15) is 0 Å². The van der Waals surface area contributed by atoms with Crippen molar-refractivity contribution < 1.29 is 0 Å². The van der Waals surface area contributed by atoms with Gasteiger partial charge in [-0.3, -0.25) is 4.98 Å². The fourth-order valence-electron chi connectivity index (χ4n) is 1.44. The Morgan fingerprint density at radius 3 is 2.07 bits per heavy atom. The Hall–Kier alpha value is -2.09. The molecule has 0 fully saturated rings. The second-order valence-electron chi connectivity index (χ2n) is 3.22. The maximum atomic E-state index is 5.32. The van der Waals surface area contributed by atoms with Crippen LogP contribution in [0.25, 0.3) is 17.2 Å². The highest BCUT2D eigenvalue weighted by Crippen LogP contribution is 2.18. The van der Waals surface area contributed by atoms with E-state index in [0.717, 1.165) is 5.56 Å². The summed E-state index contributed by atoms with van der Waals surface area (Å²) in [5.41, 5.74) is 8.79. The van der Waals surface area contributed by atoms with Gasteiger partial charge in [-0.25, -0.2) is 0 Å². The number of nitrogens with two attached hydrogens (primary N) is 1. The molecule has 0 saturated carbocycles. The first-order valence-corrected chi connectivity index (χ1v) is 4.79. The lowest BCUT2D eigenvalue weighted by atomic mass is 10.1. The highest BCUT2D eigenvalue weighted by molar-refractivity contribution is 5.65. The van der Waals surface area contributed by atoms with Crippen molar-refractivity contribution in [3.05, 3.63) is 60.6 Å². The minimum atomic E-state index is 1.11. The molecule has 0 saturated heterocycles. The number of benzene rings is 1. The van der Waals surface area contributed by atoms with E-state index in [0.29, 0.717) is 0 Å². The lowest BCUT2D eigenvalue weighted by molar-refractivity contribution is 1.33. The molecule has 2 nitrogen and oxygen atoms in total. The molecule has 0 atom stereocenters. The largest absolute Gasteiger partial charge is 0.405 e. The maximum Gasteiger partial charge on any atom is 0.0273 e. The van der Waals surface area contributed by atoms with Crippen molar-refractivity contribution in [1.29, 1.82) is 0 Å². The molecule has 1 aromatic heterocycles. The quantitative estimate of drug-likeness (QED) is 0.802. The van der Waals surface area contributed by atoms with Gasteiger partial charge in [0.05, 0.1) is 0 Å². The van der Waals surface area contributed by atoms with E-state index in [4.69, 9.17) is 5.73 Å². The fraction of sp³-hybridized carbons (Fsp3) is 0. The Kier molecular flexibility index (Phi) is 2.79. The van der Waals surface area contributed by atoms with Gasteiger partial charge >= 0.3 is 0 Å². The maximum absolute atomic E-state index is 5.32. The van der Waals surface area contributed by atoms with Gasteiger partial charge in [0, 0.05) is 12.4 Å². The normalized spacial score (nSPS) is 10.7. The standard InChI is InChI=1S/C13H12N2/c14-8-5-11-1-3-12(4-2-11)13-6-9-15-10-7-13/h1-10H,14H2/b8-5+. The summed E-state index contributed by atoms with van der Waals surface area (Å²) in [6.45, 7) is 0. The molecular formula is C13H12N2. The molecule has 15 heavy (non-hydrogen) atoms. The average Bonchev–Trinajstić information content (AvgIpc) is 2.32. The minimum Gasteiger partial charge on any atom is -0.405 e. The van der Waals surface area contributed by atoms with E-state index < -0.39 is 0 Å². The molecule has 2 heteroatoms. The number of hydrogen-bond donors (Lipinski definition) is 1. The zero-order chi connectivity index (χ0) is 10.5. The van der Waals surface area contributed by atoms with Gasteiger partial charge in [-0.1, -0.05) is 24.3 Å². The van der Waals surface area contributed by atoms with Crippen LogP contribution in [-0.4, -0.2) is 4.98 Å². The summed E-state index contributed by atoms with van der Waals surface area (Å²) < 4.78 is 0. The monoisotopic (exact) mass is 196 g/mol. The van der Waals surface area contributed by atoms with E-state index in [-0.39, 0.29) is 0 Å². The number of nitrogens with zero attached hydrogens (tertiary/aromatic N) is 1. The molecule has 0 bridgehead atoms. The van der Waals surface area contributed by atoms with Crippen LogP contribution in [0, 0.1) is 0 Å². The highest BCUT2D eigenvalue weighted by atomic mass is 14.6. The SMILES string of the molecule is N/C=C/c1ccc(-c2ccncc2)cc1. The van der Waals surface area contributed by atoms with E-state index in [1.807, 2.05) is 30.3 Å². The first-order chi connectivity index (χ1) is 7.40. The van der Waals surface area contributed by atoms with Crippen LogP contribution in [0.15, 0.2) is 55.0 Å². The molecule has 2 N–H and O–H groups in total. The lowest BCUT2D eigenvalue weighted by Crippen LogP contribution is -1.80. The van der Waals surface area contributed by atoms with Gasteiger partial charge in [0.25, 0.3) is 0 Å². The summed E-state index contributed by atoms with van der Waals surface area (Å²) in [4.78, 5) is 3.99. The van der Waals surface area contributed by atoms with Crippen LogP contribution in [0.2, 0.25) is 0 Å². The Bertz CT molecular complexity index is 444.